The minimum atomic E-state index is -0.0191. The van der Waals surface area contributed by atoms with Gasteiger partial charge in [0.1, 0.15) is 0 Å². The van der Waals surface area contributed by atoms with Crippen LogP contribution in [0.25, 0.3) is 11.4 Å². The Morgan fingerprint density at radius 1 is 1.25 bits per heavy atom. The third-order valence-electron chi connectivity index (χ3n) is 4.45. The first kappa shape index (κ1) is 20.6. The molecule has 0 fully saturated rings. The first-order chi connectivity index (χ1) is 13.4. The molecule has 0 saturated heterocycles. The Morgan fingerprint density at radius 2 is 2.00 bits per heavy atom. The minimum Gasteiger partial charge on any atom is -0.341 e. The van der Waals surface area contributed by atoms with Crippen molar-refractivity contribution in [2.24, 2.45) is 0 Å². The molecule has 146 valence electrons. The summed E-state index contributed by atoms with van der Waals surface area (Å²) in [7, 11) is 1.75. The molecule has 28 heavy (non-hydrogen) atoms. The molecule has 0 unspecified atom stereocenters. The van der Waals surface area contributed by atoms with Gasteiger partial charge in [-0.2, -0.15) is 5.10 Å². The maximum absolute atomic E-state index is 12.6. The van der Waals surface area contributed by atoms with Crippen LogP contribution in [0.4, 0.5) is 0 Å². The van der Waals surface area contributed by atoms with Crippen molar-refractivity contribution in [3.05, 3.63) is 68.4 Å². The third kappa shape index (κ3) is 4.63. The van der Waals surface area contributed by atoms with Gasteiger partial charge in [0.2, 0.25) is 5.91 Å². The summed E-state index contributed by atoms with van der Waals surface area (Å²) in [5.41, 5.74) is 2.90. The van der Waals surface area contributed by atoms with E-state index < -0.39 is 0 Å². The van der Waals surface area contributed by atoms with E-state index in [0.717, 1.165) is 22.5 Å². The largest absolute Gasteiger partial charge is 0.341 e. The molecule has 2 aromatic carbocycles. The van der Waals surface area contributed by atoms with Crippen molar-refractivity contribution >= 4 is 41.3 Å². The van der Waals surface area contributed by atoms with E-state index in [0.29, 0.717) is 34.3 Å². The summed E-state index contributed by atoms with van der Waals surface area (Å²) in [4.78, 5) is 14.3. The third-order valence-corrected chi connectivity index (χ3v) is 5.62. The van der Waals surface area contributed by atoms with Crippen LogP contribution in [-0.2, 0) is 17.9 Å². The topological polar surface area (TPSA) is 53.9 Å². The zero-order chi connectivity index (χ0) is 20.3. The summed E-state index contributed by atoms with van der Waals surface area (Å²) in [6.07, 6.45) is 0.293. The molecule has 0 bridgehead atoms. The van der Waals surface area contributed by atoms with Crippen molar-refractivity contribution in [2.45, 2.75) is 26.4 Å². The van der Waals surface area contributed by atoms with E-state index in [4.69, 9.17) is 35.4 Å². The zero-order valence-corrected chi connectivity index (χ0v) is 17.9. The van der Waals surface area contributed by atoms with Crippen LogP contribution in [0.5, 0.6) is 0 Å². The van der Waals surface area contributed by atoms with E-state index in [9.17, 15) is 4.79 Å². The second-order valence-electron chi connectivity index (χ2n) is 6.59. The monoisotopic (exact) mass is 434 g/mol. The van der Waals surface area contributed by atoms with Gasteiger partial charge in [-0.1, -0.05) is 59.1 Å². The lowest BCUT2D eigenvalue weighted by Gasteiger charge is -2.19. The smallest absolute Gasteiger partial charge is 0.224 e. The van der Waals surface area contributed by atoms with Crippen molar-refractivity contribution in [2.75, 3.05) is 7.05 Å². The van der Waals surface area contributed by atoms with Crippen LogP contribution in [-0.4, -0.2) is 32.6 Å². The molecular formula is C20H20Cl2N4OS. The van der Waals surface area contributed by atoms with E-state index in [-0.39, 0.29) is 5.91 Å². The van der Waals surface area contributed by atoms with Crippen molar-refractivity contribution in [3.63, 3.8) is 0 Å². The van der Waals surface area contributed by atoms with Gasteiger partial charge in [0, 0.05) is 32.1 Å². The molecular weight excluding hydrogens is 415 g/mol. The number of hydrogen-bond donors (Lipinski definition) is 1. The molecule has 1 amide bonds. The lowest BCUT2D eigenvalue weighted by Crippen LogP contribution is -2.27. The summed E-state index contributed by atoms with van der Waals surface area (Å²) in [5.74, 6) is 0.705. The van der Waals surface area contributed by atoms with Gasteiger partial charge in [-0.15, -0.1) is 0 Å². The van der Waals surface area contributed by atoms with Gasteiger partial charge in [-0.05, 0) is 36.8 Å². The molecule has 1 aromatic heterocycles. The molecule has 0 aliphatic rings. The second kappa shape index (κ2) is 8.90. The number of rotatable bonds is 6. The van der Waals surface area contributed by atoms with Crippen LogP contribution >= 0.6 is 35.4 Å². The maximum atomic E-state index is 12.6. The van der Waals surface area contributed by atoms with Crippen LogP contribution in [0.1, 0.15) is 17.5 Å². The molecule has 0 atom stereocenters. The number of carbonyl (C=O) groups excluding carboxylic acids is 1. The van der Waals surface area contributed by atoms with Gasteiger partial charge in [-0.25, -0.2) is 0 Å². The molecule has 0 aliphatic carbocycles. The van der Waals surface area contributed by atoms with E-state index in [2.05, 4.69) is 10.2 Å². The zero-order valence-electron chi connectivity index (χ0n) is 15.6. The highest BCUT2D eigenvalue weighted by Crippen LogP contribution is 2.26. The Balaban J connectivity index is 1.70. The summed E-state index contributed by atoms with van der Waals surface area (Å²) in [5, 5.41) is 8.10. The maximum Gasteiger partial charge on any atom is 0.224 e. The first-order valence-corrected chi connectivity index (χ1v) is 9.92. The number of aromatic amines is 1. The SMILES string of the molecule is Cc1cccc(-c2n[nH]c(=S)n2CCC(=O)N(C)Cc2cccc(Cl)c2Cl)c1. The molecule has 8 heteroatoms. The molecule has 3 rings (SSSR count). The fraction of sp³-hybridized carbons (Fsp3) is 0.250. The van der Waals surface area contributed by atoms with Gasteiger partial charge in [0.25, 0.3) is 0 Å². The fourth-order valence-corrected chi connectivity index (χ4v) is 3.55. The van der Waals surface area contributed by atoms with Gasteiger partial charge < -0.3 is 4.90 Å². The number of carbonyl (C=O) groups is 1. The van der Waals surface area contributed by atoms with Crippen molar-refractivity contribution in [1.82, 2.24) is 19.7 Å². The number of halogens is 2. The Bertz CT molecular complexity index is 1060. The quantitative estimate of drug-likeness (QED) is 0.537. The molecule has 0 radical (unpaired) electrons. The van der Waals surface area contributed by atoms with Crippen molar-refractivity contribution in [1.29, 1.82) is 0 Å². The minimum absolute atomic E-state index is 0.0191. The second-order valence-corrected chi connectivity index (χ2v) is 7.76. The number of nitrogens with one attached hydrogen (secondary N) is 1. The van der Waals surface area contributed by atoms with Gasteiger partial charge in [0.05, 0.1) is 10.0 Å². The predicted molar refractivity (Wildman–Crippen MR) is 115 cm³/mol. The van der Waals surface area contributed by atoms with Crippen molar-refractivity contribution < 1.29 is 4.79 Å². The van der Waals surface area contributed by atoms with Gasteiger partial charge in [0.15, 0.2) is 10.6 Å². The fourth-order valence-electron chi connectivity index (χ4n) is 2.94. The van der Waals surface area contributed by atoms with Gasteiger partial charge in [-0.3, -0.25) is 14.5 Å². The van der Waals surface area contributed by atoms with Crippen LogP contribution < -0.4 is 0 Å². The van der Waals surface area contributed by atoms with Gasteiger partial charge >= 0.3 is 0 Å². The molecule has 3 aromatic rings. The number of aryl methyl sites for hydroxylation is 1. The average molecular weight is 435 g/mol. The number of nitrogens with zero attached hydrogens (tertiary/aromatic N) is 3. The first-order valence-electron chi connectivity index (χ1n) is 8.76. The van der Waals surface area contributed by atoms with E-state index >= 15 is 0 Å². The molecule has 0 spiro atoms. The van der Waals surface area contributed by atoms with Crippen LogP contribution in [0.2, 0.25) is 10.0 Å². The number of hydrogen-bond acceptors (Lipinski definition) is 3. The number of aromatic nitrogens is 3. The summed E-state index contributed by atoms with van der Waals surface area (Å²) in [6.45, 7) is 2.85. The lowest BCUT2D eigenvalue weighted by molar-refractivity contribution is -0.130. The van der Waals surface area contributed by atoms with E-state index in [1.54, 1.807) is 18.0 Å². The Morgan fingerprint density at radius 3 is 2.75 bits per heavy atom. The molecule has 5 nitrogen and oxygen atoms in total. The predicted octanol–water partition coefficient (Wildman–Crippen LogP) is 5.27. The summed E-state index contributed by atoms with van der Waals surface area (Å²) in [6, 6.07) is 13.4. The molecule has 0 aliphatic heterocycles. The highest BCUT2D eigenvalue weighted by molar-refractivity contribution is 7.71. The molecule has 0 saturated carbocycles. The van der Waals surface area contributed by atoms with E-state index in [1.807, 2.05) is 47.9 Å². The number of amides is 1. The average Bonchev–Trinajstić information content (AvgIpc) is 3.04. The van der Waals surface area contributed by atoms with E-state index in [1.165, 1.54) is 0 Å². The van der Waals surface area contributed by atoms with Crippen LogP contribution in [0, 0.1) is 11.7 Å². The van der Waals surface area contributed by atoms with Crippen LogP contribution in [0.3, 0.4) is 0 Å². The summed E-state index contributed by atoms with van der Waals surface area (Å²) >= 11 is 17.6. The Kier molecular flexibility index (Phi) is 6.54. The highest BCUT2D eigenvalue weighted by atomic mass is 35.5. The van der Waals surface area contributed by atoms with Crippen molar-refractivity contribution in [3.8, 4) is 11.4 Å². The standard InChI is InChI=1S/C20H20Cl2N4OS/c1-13-5-3-6-14(11-13)19-23-24-20(28)26(19)10-9-17(27)25(2)12-15-7-4-8-16(21)18(15)22/h3-8,11H,9-10,12H2,1-2H3,(H,24,28). The molecule has 1 heterocycles. The Hall–Kier alpha value is -2.15. The van der Waals surface area contributed by atoms with Crippen LogP contribution in [0.15, 0.2) is 42.5 Å². The normalized spacial score (nSPS) is 10.9. The number of benzene rings is 2. The highest BCUT2D eigenvalue weighted by Gasteiger charge is 2.15. The summed E-state index contributed by atoms with van der Waals surface area (Å²) < 4.78 is 2.34. The molecule has 1 N–H and O–H groups in total. The number of H-pyrrole nitrogens is 1. The Labute approximate surface area is 178 Å². The lowest BCUT2D eigenvalue weighted by atomic mass is 10.1.